The summed E-state index contributed by atoms with van der Waals surface area (Å²) in [5.74, 6) is -1.32. The number of rotatable bonds is 2. The fraction of sp³-hybridized carbons (Fsp3) is 0.125. The summed E-state index contributed by atoms with van der Waals surface area (Å²) in [7, 11) is 0. The van der Waals surface area contributed by atoms with E-state index in [4.69, 9.17) is 10.8 Å². The Labute approximate surface area is 86.7 Å². The van der Waals surface area contributed by atoms with E-state index in [1.54, 1.807) is 0 Å². The molecule has 3 nitrogen and oxygen atoms in total. The number of carboxylic acid groups (broad SMARTS) is 1. The summed E-state index contributed by atoms with van der Waals surface area (Å²) >= 11 is 2.88. The van der Waals surface area contributed by atoms with Crippen LogP contribution < -0.4 is 5.73 Å². The number of halogens is 3. The van der Waals surface area contributed by atoms with Crippen molar-refractivity contribution in [1.82, 2.24) is 0 Å². The molecule has 0 radical (unpaired) electrons. The first-order chi connectivity index (χ1) is 6.43. The summed E-state index contributed by atoms with van der Waals surface area (Å²) in [6, 6.07) is 2.03. The van der Waals surface area contributed by atoms with Crippen LogP contribution in [0.4, 0.5) is 14.5 Å². The van der Waals surface area contributed by atoms with E-state index in [0.29, 0.717) is 0 Å². The maximum absolute atomic E-state index is 12.3. The molecule has 0 aromatic heterocycles. The summed E-state index contributed by atoms with van der Waals surface area (Å²) in [5.41, 5.74) is 4.59. The third-order valence-electron chi connectivity index (χ3n) is 1.63. The number of aromatic carboxylic acids is 1. The highest BCUT2D eigenvalue weighted by atomic mass is 79.9. The van der Waals surface area contributed by atoms with E-state index in [1.807, 2.05) is 0 Å². The smallest absolute Gasteiger partial charge is 0.337 e. The Morgan fingerprint density at radius 1 is 1.50 bits per heavy atom. The van der Waals surface area contributed by atoms with Gasteiger partial charge in [-0.05, 0) is 12.1 Å². The lowest BCUT2D eigenvalue weighted by molar-refractivity contribution is 0.0697. The van der Waals surface area contributed by atoms with Gasteiger partial charge in [-0.2, -0.15) is 0 Å². The van der Waals surface area contributed by atoms with E-state index in [9.17, 15) is 13.6 Å². The Hall–Kier alpha value is -1.17. The Bertz CT molecular complexity index is 382. The molecule has 0 heterocycles. The van der Waals surface area contributed by atoms with E-state index in [1.165, 1.54) is 0 Å². The van der Waals surface area contributed by atoms with Crippen LogP contribution in [0.2, 0.25) is 0 Å². The highest BCUT2D eigenvalue weighted by Crippen LogP contribution is 2.31. The van der Waals surface area contributed by atoms with Crippen LogP contribution in [-0.4, -0.2) is 11.1 Å². The third kappa shape index (κ3) is 2.01. The molecule has 0 atom stereocenters. The summed E-state index contributed by atoms with van der Waals surface area (Å²) in [5, 5.41) is 8.62. The van der Waals surface area contributed by atoms with Gasteiger partial charge in [-0.1, -0.05) is 15.9 Å². The first kappa shape index (κ1) is 10.9. The number of carbonyl (C=O) groups is 1. The molecular formula is C8H6BrF2NO2. The van der Waals surface area contributed by atoms with Crippen molar-refractivity contribution in [3.8, 4) is 0 Å². The lowest BCUT2D eigenvalue weighted by Gasteiger charge is -2.07. The molecule has 0 spiro atoms. The lowest BCUT2D eigenvalue weighted by atomic mass is 10.1. The van der Waals surface area contributed by atoms with Crippen molar-refractivity contribution in [3.63, 3.8) is 0 Å². The number of carboxylic acids is 1. The molecule has 0 saturated heterocycles. The zero-order chi connectivity index (χ0) is 10.9. The molecule has 1 aromatic carbocycles. The number of nitrogen functional groups attached to an aromatic ring is 1. The van der Waals surface area contributed by atoms with Crippen molar-refractivity contribution < 1.29 is 18.7 Å². The molecule has 3 N–H and O–H groups in total. The van der Waals surface area contributed by atoms with Crippen molar-refractivity contribution in [2.45, 2.75) is 6.43 Å². The van der Waals surface area contributed by atoms with Crippen LogP contribution >= 0.6 is 15.9 Å². The van der Waals surface area contributed by atoms with Crippen LogP contribution in [0.3, 0.4) is 0 Å². The van der Waals surface area contributed by atoms with Gasteiger partial charge in [0, 0.05) is 15.7 Å². The first-order valence-corrected chi connectivity index (χ1v) is 4.33. The van der Waals surface area contributed by atoms with Gasteiger partial charge in [0.05, 0.1) is 5.56 Å². The number of nitrogens with two attached hydrogens (primary N) is 1. The van der Waals surface area contributed by atoms with Crippen molar-refractivity contribution in [2.75, 3.05) is 5.73 Å². The zero-order valence-electron chi connectivity index (χ0n) is 6.80. The zero-order valence-corrected chi connectivity index (χ0v) is 8.38. The average molecular weight is 266 g/mol. The average Bonchev–Trinajstić information content (AvgIpc) is 2.02. The van der Waals surface area contributed by atoms with Crippen molar-refractivity contribution >= 4 is 27.6 Å². The molecule has 0 aliphatic heterocycles. The summed E-state index contributed by atoms with van der Waals surface area (Å²) < 4.78 is 24.8. The second-order valence-electron chi connectivity index (χ2n) is 2.57. The van der Waals surface area contributed by atoms with E-state index < -0.39 is 12.4 Å². The fourth-order valence-electron chi connectivity index (χ4n) is 0.958. The molecule has 0 aliphatic carbocycles. The lowest BCUT2D eigenvalue weighted by Crippen LogP contribution is -2.04. The number of hydrogen-bond acceptors (Lipinski definition) is 2. The van der Waals surface area contributed by atoms with Crippen LogP contribution in [0, 0.1) is 0 Å². The Kier molecular flexibility index (Phi) is 3.05. The molecular weight excluding hydrogens is 260 g/mol. The van der Waals surface area contributed by atoms with Gasteiger partial charge in [0.1, 0.15) is 0 Å². The molecule has 76 valence electrons. The minimum atomic E-state index is -2.73. The van der Waals surface area contributed by atoms with Crippen LogP contribution in [0.15, 0.2) is 16.6 Å². The monoisotopic (exact) mass is 265 g/mol. The minimum absolute atomic E-state index is 0.0474. The number of hydrogen-bond donors (Lipinski definition) is 2. The van der Waals surface area contributed by atoms with Gasteiger partial charge < -0.3 is 10.8 Å². The molecule has 0 aliphatic rings. The molecule has 0 saturated carbocycles. The summed E-state index contributed by atoms with van der Waals surface area (Å²) in [4.78, 5) is 10.6. The van der Waals surface area contributed by atoms with Gasteiger partial charge in [-0.25, -0.2) is 13.6 Å². The van der Waals surface area contributed by atoms with Gasteiger partial charge in [-0.15, -0.1) is 0 Å². The third-order valence-corrected chi connectivity index (χ3v) is 2.32. The van der Waals surface area contributed by atoms with Crippen LogP contribution in [0.5, 0.6) is 0 Å². The van der Waals surface area contributed by atoms with Crippen molar-refractivity contribution in [3.05, 3.63) is 27.7 Å². The fourth-order valence-corrected chi connectivity index (χ4v) is 1.49. The van der Waals surface area contributed by atoms with Crippen LogP contribution in [-0.2, 0) is 0 Å². The van der Waals surface area contributed by atoms with Gasteiger partial charge in [-0.3, -0.25) is 0 Å². The Morgan fingerprint density at radius 3 is 2.50 bits per heavy atom. The molecule has 14 heavy (non-hydrogen) atoms. The van der Waals surface area contributed by atoms with E-state index in [2.05, 4.69) is 15.9 Å². The van der Waals surface area contributed by atoms with E-state index >= 15 is 0 Å². The van der Waals surface area contributed by atoms with Gasteiger partial charge in [0.15, 0.2) is 0 Å². The number of anilines is 1. The van der Waals surface area contributed by atoms with Crippen LogP contribution in [0.25, 0.3) is 0 Å². The maximum Gasteiger partial charge on any atom is 0.337 e. The van der Waals surface area contributed by atoms with Gasteiger partial charge in [0.2, 0.25) is 0 Å². The van der Waals surface area contributed by atoms with Gasteiger partial charge >= 0.3 is 5.97 Å². The SMILES string of the molecule is Nc1cc(Br)c(C(F)F)cc1C(=O)O. The number of alkyl halides is 2. The molecule has 0 fully saturated rings. The Morgan fingerprint density at radius 2 is 2.07 bits per heavy atom. The van der Waals surface area contributed by atoms with E-state index in [0.717, 1.165) is 12.1 Å². The molecule has 0 amide bonds. The highest BCUT2D eigenvalue weighted by molar-refractivity contribution is 9.10. The second kappa shape index (κ2) is 3.91. The Balaban J connectivity index is 3.34. The summed E-state index contributed by atoms with van der Waals surface area (Å²) in [6.45, 7) is 0. The molecule has 1 aromatic rings. The standard InChI is InChI=1S/C8H6BrF2NO2/c9-5-2-6(12)4(8(13)14)1-3(5)7(10)11/h1-2,7H,12H2,(H,13,14). The van der Waals surface area contributed by atoms with E-state index in [-0.39, 0.29) is 21.3 Å². The minimum Gasteiger partial charge on any atom is -0.478 e. The summed E-state index contributed by atoms with van der Waals surface area (Å²) in [6.07, 6.45) is -2.73. The number of benzene rings is 1. The van der Waals surface area contributed by atoms with Gasteiger partial charge in [0.25, 0.3) is 6.43 Å². The largest absolute Gasteiger partial charge is 0.478 e. The van der Waals surface area contributed by atoms with Crippen molar-refractivity contribution in [1.29, 1.82) is 0 Å². The molecule has 6 heteroatoms. The molecule has 0 unspecified atom stereocenters. The molecule has 0 bridgehead atoms. The topological polar surface area (TPSA) is 63.3 Å². The van der Waals surface area contributed by atoms with Crippen LogP contribution in [0.1, 0.15) is 22.3 Å². The maximum atomic E-state index is 12.3. The highest BCUT2D eigenvalue weighted by Gasteiger charge is 2.17. The first-order valence-electron chi connectivity index (χ1n) is 3.54. The van der Waals surface area contributed by atoms with Crippen molar-refractivity contribution in [2.24, 2.45) is 0 Å². The predicted molar refractivity (Wildman–Crippen MR) is 50.5 cm³/mol. The quantitative estimate of drug-likeness (QED) is 0.809. The second-order valence-corrected chi connectivity index (χ2v) is 3.42. The normalized spacial score (nSPS) is 10.6. The predicted octanol–water partition coefficient (Wildman–Crippen LogP) is 2.67. The molecule has 1 rings (SSSR count).